The van der Waals surface area contributed by atoms with Crippen LogP contribution in [0.2, 0.25) is 0 Å². The van der Waals surface area contributed by atoms with Crippen LogP contribution in [0.15, 0.2) is 36.4 Å². The number of hydrogen-bond donors (Lipinski definition) is 0. The highest BCUT2D eigenvalue weighted by Crippen LogP contribution is 2.13. The van der Waals surface area contributed by atoms with Crippen LogP contribution in [0, 0.1) is 0 Å². The van der Waals surface area contributed by atoms with Gasteiger partial charge in [0.15, 0.2) is 0 Å². The molecular formula is C14H23N. The van der Waals surface area contributed by atoms with Gasteiger partial charge in [-0.05, 0) is 31.0 Å². The molecule has 15 heavy (non-hydrogen) atoms. The van der Waals surface area contributed by atoms with Gasteiger partial charge in [-0.3, -0.25) is 0 Å². The summed E-state index contributed by atoms with van der Waals surface area (Å²) >= 11 is 0. The molecule has 0 aromatic heterocycles. The van der Waals surface area contributed by atoms with Crippen LogP contribution in [-0.4, -0.2) is 14.1 Å². The average molecular weight is 205 g/mol. The third-order valence-electron chi connectivity index (χ3n) is 1.96. The minimum absolute atomic E-state index is 0.980. The summed E-state index contributed by atoms with van der Waals surface area (Å²) in [6.45, 7) is 9.95. The molecule has 0 heterocycles. The molecule has 1 heteroatoms. The molecule has 0 unspecified atom stereocenters. The Balaban J connectivity index is 0.000000921. The van der Waals surface area contributed by atoms with E-state index in [0.29, 0.717) is 0 Å². The van der Waals surface area contributed by atoms with Crippen LogP contribution in [0.3, 0.4) is 0 Å². The second kappa shape index (κ2) is 7.10. The van der Waals surface area contributed by atoms with Gasteiger partial charge in [0.1, 0.15) is 0 Å². The van der Waals surface area contributed by atoms with Crippen molar-refractivity contribution in [3.05, 3.63) is 42.0 Å². The van der Waals surface area contributed by atoms with E-state index in [1.54, 1.807) is 0 Å². The quantitative estimate of drug-likeness (QED) is 0.676. The van der Waals surface area contributed by atoms with Crippen molar-refractivity contribution in [1.82, 2.24) is 0 Å². The van der Waals surface area contributed by atoms with Crippen molar-refractivity contribution >= 4 is 5.69 Å². The molecule has 0 spiro atoms. The van der Waals surface area contributed by atoms with E-state index in [2.05, 4.69) is 42.7 Å². The van der Waals surface area contributed by atoms with Gasteiger partial charge in [0.05, 0.1) is 0 Å². The van der Waals surface area contributed by atoms with E-state index in [4.69, 9.17) is 0 Å². The third kappa shape index (κ3) is 5.26. The molecule has 0 radical (unpaired) electrons. The first-order chi connectivity index (χ1) is 7.09. The number of nitrogens with zero attached hydrogens (tertiary/aromatic N) is 1. The number of benzene rings is 1. The van der Waals surface area contributed by atoms with E-state index in [-0.39, 0.29) is 0 Å². The predicted octanol–water partition coefficient (Wildman–Crippen LogP) is 3.90. The van der Waals surface area contributed by atoms with E-state index < -0.39 is 0 Å². The Kier molecular flexibility index (Phi) is 6.52. The molecule has 0 aliphatic carbocycles. The van der Waals surface area contributed by atoms with E-state index in [9.17, 15) is 0 Å². The van der Waals surface area contributed by atoms with Gasteiger partial charge in [0, 0.05) is 19.8 Å². The molecule has 0 aliphatic rings. The van der Waals surface area contributed by atoms with Crippen molar-refractivity contribution < 1.29 is 0 Å². The van der Waals surface area contributed by atoms with E-state index >= 15 is 0 Å². The molecule has 0 bridgehead atoms. The largest absolute Gasteiger partial charge is 0.378 e. The normalized spacial score (nSPS) is 8.87. The van der Waals surface area contributed by atoms with Crippen LogP contribution in [-0.2, 0) is 6.42 Å². The molecule has 1 aromatic carbocycles. The Morgan fingerprint density at radius 3 is 1.93 bits per heavy atom. The lowest BCUT2D eigenvalue weighted by atomic mass is 10.1. The molecule has 1 rings (SSSR count). The monoisotopic (exact) mass is 205 g/mol. The first-order valence-corrected chi connectivity index (χ1v) is 5.50. The molecule has 1 nitrogen and oxygen atoms in total. The highest BCUT2D eigenvalue weighted by molar-refractivity contribution is 5.46. The topological polar surface area (TPSA) is 3.24 Å². The molecule has 1 aromatic rings. The minimum atomic E-state index is 0.980. The van der Waals surface area contributed by atoms with Crippen LogP contribution in [0.25, 0.3) is 0 Å². The zero-order valence-corrected chi connectivity index (χ0v) is 10.7. The zero-order valence-electron chi connectivity index (χ0n) is 10.7. The summed E-state index contributed by atoms with van der Waals surface area (Å²) in [4.78, 5) is 2.10. The van der Waals surface area contributed by atoms with Gasteiger partial charge < -0.3 is 4.90 Å². The lowest BCUT2D eigenvalue weighted by molar-refractivity contribution is 1.11. The first-order valence-electron chi connectivity index (χ1n) is 5.50. The summed E-state index contributed by atoms with van der Waals surface area (Å²) in [6, 6.07) is 8.59. The molecule has 0 atom stereocenters. The second-order valence-corrected chi connectivity index (χ2v) is 3.69. The lowest BCUT2D eigenvalue weighted by Crippen LogP contribution is -2.08. The molecule has 0 aliphatic heterocycles. The van der Waals surface area contributed by atoms with Crippen molar-refractivity contribution in [2.24, 2.45) is 0 Å². The maximum Gasteiger partial charge on any atom is 0.0361 e. The first kappa shape index (κ1) is 13.8. The Morgan fingerprint density at radius 1 is 1.13 bits per heavy atom. The summed E-state index contributed by atoms with van der Waals surface area (Å²) in [5.74, 6) is 0. The summed E-state index contributed by atoms with van der Waals surface area (Å²) < 4.78 is 0. The smallest absolute Gasteiger partial charge is 0.0361 e. The van der Waals surface area contributed by atoms with Gasteiger partial charge in [0.2, 0.25) is 0 Å². The SMILES string of the molecule is C=C(C)Cc1ccc(N(C)C)cc1.CC. The molecule has 0 saturated heterocycles. The predicted molar refractivity (Wildman–Crippen MR) is 70.6 cm³/mol. The zero-order chi connectivity index (χ0) is 11.8. The number of rotatable bonds is 3. The standard InChI is InChI=1S/C12H17N.C2H6/c1-10(2)9-11-5-7-12(8-6-11)13(3)4;1-2/h5-8H,1,9H2,2-4H3;1-2H3. The van der Waals surface area contributed by atoms with Gasteiger partial charge in [-0.25, -0.2) is 0 Å². The van der Waals surface area contributed by atoms with Crippen LogP contribution in [0.4, 0.5) is 5.69 Å². The fourth-order valence-corrected chi connectivity index (χ4v) is 1.26. The summed E-state index contributed by atoms with van der Waals surface area (Å²) in [6.07, 6.45) is 0.980. The lowest BCUT2D eigenvalue weighted by Gasteiger charge is -2.12. The molecule has 0 amide bonds. The summed E-state index contributed by atoms with van der Waals surface area (Å²) in [5, 5.41) is 0. The third-order valence-corrected chi connectivity index (χ3v) is 1.96. The van der Waals surface area contributed by atoms with Crippen LogP contribution < -0.4 is 4.90 Å². The van der Waals surface area contributed by atoms with Crippen molar-refractivity contribution in [3.8, 4) is 0 Å². The van der Waals surface area contributed by atoms with Crippen LogP contribution >= 0.6 is 0 Å². The molecule has 0 N–H and O–H groups in total. The molecule has 0 saturated carbocycles. The van der Waals surface area contributed by atoms with Gasteiger partial charge in [-0.15, -0.1) is 0 Å². The van der Waals surface area contributed by atoms with Crippen molar-refractivity contribution in [3.63, 3.8) is 0 Å². The summed E-state index contributed by atoms with van der Waals surface area (Å²) in [7, 11) is 4.10. The fraction of sp³-hybridized carbons (Fsp3) is 0.429. The molecule has 84 valence electrons. The Bertz CT molecular complexity index is 283. The number of anilines is 1. The van der Waals surface area contributed by atoms with Crippen molar-refractivity contribution in [2.75, 3.05) is 19.0 Å². The average Bonchev–Trinajstić information content (AvgIpc) is 2.20. The number of hydrogen-bond acceptors (Lipinski definition) is 1. The van der Waals surface area contributed by atoms with Gasteiger partial charge in [0.25, 0.3) is 0 Å². The Hall–Kier alpha value is -1.24. The van der Waals surface area contributed by atoms with Crippen LogP contribution in [0.5, 0.6) is 0 Å². The van der Waals surface area contributed by atoms with E-state index in [1.807, 2.05) is 27.9 Å². The van der Waals surface area contributed by atoms with Crippen molar-refractivity contribution in [2.45, 2.75) is 27.2 Å². The molecule has 0 fully saturated rings. The Labute approximate surface area is 94.4 Å². The maximum absolute atomic E-state index is 3.90. The van der Waals surface area contributed by atoms with Crippen molar-refractivity contribution in [1.29, 1.82) is 0 Å². The van der Waals surface area contributed by atoms with Gasteiger partial charge in [-0.2, -0.15) is 0 Å². The highest BCUT2D eigenvalue weighted by atomic mass is 15.1. The number of allylic oxidation sites excluding steroid dienone is 1. The molecular weight excluding hydrogens is 182 g/mol. The van der Waals surface area contributed by atoms with Gasteiger partial charge >= 0.3 is 0 Å². The maximum atomic E-state index is 3.90. The van der Waals surface area contributed by atoms with Gasteiger partial charge in [-0.1, -0.05) is 38.1 Å². The minimum Gasteiger partial charge on any atom is -0.378 e. The van der Waals surface area contributed by atoms with Crippen LogP contribution in [0.1, 0.15) is 26.3 Å². The van der Waals surface area contributed by atoms with E-state index in [1.165, 1.54) is 16.8 Å². The Morgan fingerprint density at radius 2 is 1.60 bits per heavy atom. The highest BCUT2D eigenvalue weighted by Gasteiger charge is 1.95. The van der Waals surface area contributed by atoms with E-state index in [0.717, 1.165) is 6.42 Å². The summed E-state index contributed by atoms with van der Waals surface area (Å²) in [5.41, 5.74) is 3.78. The fourth-order valence-electron chi connectivity index (χ4n) is 1.26. The second-order valence-electron chi connectivity index (χ2n) is 3.69.